The van der Waals surface area contributed by atoms with E-state index in [0.29, 0.717) is 31.1 Å². The first kappa shape index (κ1) is 18.1. The summed E-state index contributed by atoms with van der Waals surface area (Å²) in [5.41, 5.74) is 3.49. The van der Waals surface area contributed by atoms with E-state index in [4.69, 9.17) is 0 Å². The van der Waals surface area contributed by atoms with Crippen molar-refractivity contribution >= 4 is 5.91 Å². The molecule has 6 nitrogen and oxygen atoms in total. The maximum absolute atomic E-state index is 13.0. The maximum atomic E-state index is 13.0. The van der Waals surface area contributed by atoms with Crippen molar-refractivity contribution in [3.63, 3.8) is 0 Å². The summed E-state index contributed by atoms with van der Waals surface area (Å²) >= 11 is 0. The van der Waals surface area contributed by atoms with Crippen LogP contribution in [-0.2, 0) is 6.42 Å². The number of phenols is 2. The van der Waals surface area contributed by atoms with Gasteiger partial charge in [0.1, 0.15) is 11.5 Å². The molecule has 0 saturated carbocycles. The Morgan fingerprint density at radius 3 is 2.70 bits per heavy atom. The molecule has 6 heteroatoms. The largest absolute Gasteiger partial charge is 0.508 e. The number of amides is 1. The van der Waals surface area contributed by atoms with Crippen molar-refractivity contribution in [2.45, 2.75) is 25.8 Å². The van der Waals surface area contributed by atoms with E-state index >= 15 is 0 Å². The molecule has 2 aliphatic heterocycles. The summed E-state index contributed by atoms with van der Waals surface area (Å²) in [7, 11) is 0. The summed E-state index contributed by atoms with van der Waals surface area (Å²) in [6.45, 7) is 7.28. The van der Waals surface area contributed by atoms with Crippen LogP contribution < -0.4 is 5.32 Å². The van der Waals surface area contributed by atoms with Crippen LogP contribution in [0.25, 0.3) is 0 Å². The van der Waals surface area contributed by atoms with E-state index in [9.17, 15) is 15.0 Å². The highest BCUT2D eigenvalue weighted by molar-refractivity contribution is 5.98. The van der Waals surface area contributed by atoms with Crippen molar-refractivity contribution in [3.8, 4) is 11.5 Å². The summed E-state index contributed by atoms with van der Waals surface area (Å²) in [6.07, 6.45) is 6.02. The quantitative estimate of drug-likeness (QED) is 0.755. The van der Waals surface area contributed by atoms with E-state index in [1.54, 1.807) is 11.0 Å². The molecule has 0 aromatic heterocycles. The molecule has 1 aliphatic carbocycles. The molecule has 1 fully saturated rings. The van der Waals surface area contributed by atoms with E-state index in [2.05, 4.69) is 22.4 Å². The number of aryl methyl sites for hydroxylation is 1. The smallest absolute Gasteiger partial charge is 0.258 e. The van der Waals surface area contributed by atoms with Gasteiger partial charge in [0.05, 0.1) is 5.56 Å². The minimum absolute atomic E-state index is 0.0344. The molecular weight excluding hydrogens is 342 g/mol. The van der Waals surface area contributed by atoms with Gasteiger partial charge in [-0.1, -0.05) is 19.1 Å². The van der Waals surface area contributed by atoms with Gasteiger partial charge in [-0.15, -0.1) is 0 Å². The second-order valence-electron chi connectivity index (χ2n) is 7.56. The predicted octanol–water partition coefficient (Wildman–Crippen LogP) is 1.65. The van der Waals surface area contributed by atoms with Crippen LogP contribution in [0.1, 0.15) is 29.3 Å². The number of phenolic OH excluding ortho intramolecular Hbond substituents is 2. The number of aromatic hydroxyl groups is 2. The summed E-state index contributed by atoms with van der Waals surface area (Å²) in [5.74, 6) is -0.301. The molecule has 0 bridgehead atoms. The number of hydrogen-bond donors (Lipinski definition) is 3. The van der Waals surface area contributed by atoms with Gasteiger partial charge >= 0.3 is 0 Å². The van der Waals surface area contributed by atoms with Crippen LogP contribution in [-0.4, -0.2) is 71.2 Å². The van der Waals surface area contributed by atoms with Crippen LogP contribution in [0.2, 0.25) is 0 Å². The number of nitrogens with zero attached hydrogens (tertiary/aromatic N) is 2. The Balaban J connectivity index is 1.46. The second-order valence-corrected chi connectivity index (χ2v) is 7.56. The number of benzene rings is 1. The minimum Gasteiger partial charge on any atom is -0.508 e. The van der Waals surface area contributed by atoms with E-state index in [-0.39, 0.29) is 23.0 Å². The van der Waals surface area contributed by atoms with Gasteiger partial charge < -0.3 is 20.4 Å². The van der Waals surface area contributed by atoms with Gasteiger partial charge in [0.2, 0.25) is 0 Å². The molecule has 27 heavy (non-hydrogen) atoms. The highest BCUT2D eigenvalue weighted by Crippen LogP contribution is 2.33. The zero-order valence-electron chi connectivity index (χ0n) is 15.7. The first-order valence-electron chi connectivity index (χ1n) is 9.74. The fourth-order valence-electron chi connectivity index (χ4n) is 4.27. The third-order valence-corrected chi connectivity index (χ3v) is 5.89. The van der Waals surface area contributed by atoms with Gasteiger partial charge in [-0.05, 0) is 35.6 Å². The first-order chi connectivity index (χ1) is 13.1. The molecule has 144 valence electrons. The van der Waals surface area contributed by atoms with E-state index < -0.39 is 0 Å². The summed E-state index contributed by atoms with van der Waals surface area (Å²) in [5, 5.41) is 23.4. The Morgan fingerprint density at radius 1 is 1.19 bits per heavy atom. The second kappa shape index (κ2) is 7.37. The van der Waals surface area contributed by atoms with E-state index in [1.165, 1.54) is 17.2 Å². The van der Waals surface area contributed by atoms with Gasteiger partial charge in [-0.3, -0.25) is 9.69 Å². The fraction of sp³-hybridized carbons (Fsp3) is 0.476. The minimum atomic E-state index is -0.177. The highest BCUT2D eigenvalue weighted by atomic mass is 16.3. The molecule has 1 atom stereocenters. The Labute approximate surface area is 159 Å². The molecule has 2 heterocycles. The maximum Gasteiger partial charge on any atom is 0.258 e. The summed E-state index contributed by atoms with van der Waals surface area (Å²) < 4.78 is 0. The lowest BCUT2D eigenvalue weighted by atomic mass is 9.95. The van der Waals surface area contributed by atoms with Crippen LogP contribution in [0.4, 0.5) is 0 Å². The van der Waals surface area contributed by atoms with Gasteiger partial charge in [-0.25, -0.2) is 0 Å². The van der Waals surface area contributed by atoms with E-state index in [1.807, 2.05) is 6.92 Å². The number of carbonyl (C=O) groups is 1. The summed E-state index contributed by atoms with van der Waals surface area (Å²) in [6, 6.07) is 3.30. The Kier molecular flexibility index (Phi) is 4.93. The molecule has 3 N–H and O–H groups in total. The van der Waals surface area contributed by atoms with Crippen LogP contribution in [0.5, 0.6) is 11.5 Å². The number of hydrogen-bond acceptors (Lipinski definition) is 5. The standard InChI is InChI=1S/C21H27N3O3/c1-2-14-10-18(20(26)11-19(14)25)21(27)24-12-15-3-4-17(9-16(15)13-24)23-7-5-22-6-8-23/h3-4,10-11,17,22,25-26H,2,5-9,12-13H2,1H3. The SMILES string of the molecule is CCc1cc(C(=O)N2CC3=C(CC(N4CCNCC4)C=C3)C2)c(O)cc1O. The van der Waals surface area contributed by atoms with Crippen LogP contribution >= 0.6 is 0 Å². The average Bonchev–Trinajstić information content (AvgIpc) is 3.11. The highest BCUT2D eigenvalue weighted by Gasteiger charge is 2.31. The molecule has 3 aliphatic rings. The van der Waals surface area contributed by atoms with Crippen LogP contribution in [0.15, 0.2) is 35.4 Å². The molecular formula is C21H27N3O3. The monoisotopic (exact) mass is 369 g/mol. The van der Waals surface area contributed by atoms with E-state index in [0.717, 1.165) is 32.6 Å². The van der Waals surface area contributed by atoms with Crippen LogP contribution in [0, 0.1) is 0 Å². The Hall–Kier alpha value is -2.31. The average molecular weight is 369 g/mol. The lowest BCUT2D eigenvalue weighted by Crippen LogP contribution is -2.48. The molecule has 1 amide bonds. The zero-order valence-corrected chi connectivity index (χ0v) is 15.7. The predicted molar refractivity (Wildman–Crippen MR) is 104 cm³/mol. The molecule has 1 aromatic carbocycles. The van der Waals surface area contributed by atoms with Crippen molar-refractivity contribution in [3.05, 3.63) is 46.6 Å². The van der Waals surface area contributed by atoms with Crippen molar-refractivity contribution in [2.24, 2.45) is 0 Å². The molecule has 1 aromatic rings. The Morgan fingerprint density at radius 2 is 1.96 bits per heavy atom. The van der Waals surface area contributed by atoms with Crippen LogP contribution in [0.3, 0.4) is 0 Å². The molecule has 1 saturated heterocycles. The van der Waals surface area contributed by atoms with Gasteiger partial charge in [0.15, 0.2) is 0 Å². The molecule has 0 radical (unpaired) electrons. The normalized spacial score (nSPS) is 23.0. The zero-order chi connectivity index (χ0) is 19.0. The lowest BCUT2D eigenvalue weighted by molar-refractivity contribution is 0.0792. The van der Waals surface area contributed by atoms with Crippen molar-refractivity contribution in [2.75, 3.05) is 39.3 Å². The number of piperazine rings is 1. The number of rotatable bonds is 3. The molecule has 0 spiro atoms. The topological polar surface area (TPSA) is 76.0 Å². The third kappa shape index (κ3) is 3.47. The number of nitrogens with one attached hydrogen (secondary N) is 1. The molecule has 4 rings (SSSR count). The van der Waals surface area contributed by atoms with Crippen molar-refractivity contribution < 1.29 is 15.0 Å². The third-order valence-electron chi connectivity index (χ3n) is 5.89. The first-order valence-corrected chi connectivity index (χ1v) is 9.74. The van der Waals surface area contributed by atoms with Gasteiger partial charge in [-0.2, -0.15) is 0 Å². The van der Waals surface area contributed by atoms with Gasteiger partial charge in [0, 0.05) is 51.4 Å². The number of carbonyl (C=O) groups excluding carboxylic acids is 1. The van der Waals surface area contributed by atoms with Gasteiger partial charge in [0.25, 0.3) is 5.91 Å². The van der Waals surface area contributed by atoms with Crippen molar-refractivity contribution in [1.82, 2.24) is 15.1 Å². The Bertz CT molecular complexity index is 809. The fourth-order valence-corrected chi connectivity index (χ4v) is 4.27. The lowest BCUT2D eigenvalue weighted by Gasteiger charge is -2.35. The molecule has 1 unspecified atom stereocenters. The summed E-state index contributed by atoms with van der Waals surface area (Å²) in [4.78, 5) is 17.3. The van der Waals surface area contributed by atoms with Crippen molar-refractivity contribution in [1.29, 1.82) is 0 Å².